The Kier molecular flexibility index (Phi) is 2.69. The van der Waals surface area contributed by atoms with Gasteiger partial charge in [0.2, 0.25) is 0 Å². The second-order valence-electron chi connectivity index (χ2n) is 4.08. The predicted molar refractivity (Wildman–Crippen MR) is 67.3 cm³/mol. The molecule has 0 saturated heterocycles. The zero-order valence-electron chi connectivity index (χ0n) is 9.96. The van der Waals surface area contributed by atoms with E-state index in [1.165, 1.54) is 0 Å². The minimum absolute atomic E-state index is 0.810. The molecule has 84 valence electrons. The van der Waals surface area contributed by atoms with Crippen LogP contribution in [-0.2, 0) is 6.42 Å². The highest BCUT2D eigenvalue weighted by atomic mass is 14.9. The van der Waals surface area contributed by atoms with E-state index in [2.05, 4.69) is 16.9 Å². The van der Waals surface area contributed by atoms with Crippen LogP contribution in [0.1, 0.15) is 23.9 Å². The predicted octanol–water partition coefficient (Wildman–Crippen LogP) is 2.84. The number of nitrogens with two attached hydrogens (primary N) is 1. The number of anilines is 1. The van der Waals surface area contributed by atoms with Crippen LogP contribution in [0.15, 0.2) is 18.2 Å². The third kappa shape index (κ3) is 1.81. The monoisotopic (exact) mass is 215 g/mol. The van der Waals surface area contributed by atoms with Crippen molar-refractivity contribution in [1.82, 2.24) is 9.97 Å². The van der Waals surface area contributed by atoms with E-state index in [-0.39, 0.29) is 0 Å². The molecule has 1 aromatic heterocycles. The first kappa shape index (κ1) is 10.7. The average molecular weight is 215 g/mol. The maximum atomic E-state index is 5.89. The molecule has 1 aromatic carbocycles. The lowest BCUT2D eigenvalue weighted by molar-refractivity contribution is 1.04. The number of benzene rings is 1. The smallest absolute Gasteiger partial charge is 0.137 e. The number of nitrogens with zero attached hydrogens (tertiary/aromatic N) is 1. The molecule has 0 aliphatic rings. The van der Waals surface area contributed by atoms with Gasteiger partial charge in [0.05, 0.1) is 5.69 Å². The molecule has 0 aliphatic carbocycles. The first-order chi connectivity index (χ1) is 7.61. The Hall–Kier alpha value is -1.77. The van der Waals surface area contributed by atoms with Gasteiger partial charge in [0.1, 0.15) is 5.82 Å². The van der Waals surface area contributed by atoms with Crippen LogP contribution < -0.4 is 5.73 Å². The van der Waals surface area contributed by atoms with Gasteiger partial charge in [-0.05, 0) is 31.9 Å². The van der Waals surface area contributed by atoms with Gasteiger partial charge in [-0.1, -0.05) is 19.1 Å². The lowest BCUT2D eigenvalue weighted by atomic mass is 10.1. The topological polar surface area (TPSA) is 54.7 Å². The van der Waals surface area contributed by atoms with Crippen LogP contribution in [0.4, 0.5) is 5.69 Å². The second kappa shape index (κ2) is 4.00. The Morgan fingerprint density at radius 2 is 2.06 bits per heavy atom. The molecular formula is C13H17N3. The van der Waals surface area contributed by atoms with Crippen LogP contribution in [0.25, 0.3) is 11.4 Å². The average Bonchev–Trinajstić information content (AvgIpc) is 2.64. The van der Waals surface area contributed by atoms with Crippen molar-refractivity contribution in [3.05, 3.63) is 35.2 Å². The van der Waals surface area contributed by atoms with Gasteiger partial charge in [-0.15, -0.1) is 0 Å². The van der Waals surface area contributed by atoms with E-state index in [0.29, 0.717) is 0 Å². The van der Waals surface area contributed by atoms with Crippen LogP contribution in [0.5, 0.6) is 0 Å². The van der Waals surface area contributed by atoms with E-state index >= 15 is 0 Å². The zero-order valence-corrected chi connectivity index (χ0v) is 9.96. The molecule has 2 aromatic rings. The maximum absolute atomic E-state index is 5.89. The van der Waals surface area contributed by atoms with Crippen molar-refractivity contribution in [3.8, 4) is 11.4 Å². The number of nitrogens with one attached hydrogen (secondary N) is 1. The van der Waals surface area contributed by atoms with Gasteiger partial charge in [0.15, 0.2) is 0 Å². The molecule has 0 amide bonds. The summed E-state index contributed by atoms with van der Waals surface area (Å²) in [6, 6.07) is 6.03. The van der Waals surface area contributed by atoms with Gasteiger partial charge in [-0.3, -0.25) is 0 Å². The zero-order chi connectivity index (χ0) is 11.7. The number of hydrogen-bond donors (Lipinski definition) is 2. The quantitative estimate of drug-likeness (QED) is 0.757. The van der Waals surface area contributed by atoms with Gasteiger partial charge >= 0.3 is 0 Å². The number of aryl methyl sites for hydroxylation is 3. The van der Waals surface area contributed by atoms with Crippen molar-refractivity contribution in [3.63, 3.8) is 0 Å². The molecule has 0 fully saturated rings. The first-order valence-corrected chi connectivity index (χ1v) is 5.53. The molecule has 0 saturated carbocycles. The second-order valence-corrected chi connectivity index (χ2v) is 4.08. The van der Waals surface area contributed by atoms with Gasteiger partial charge in [-0.25, -0.2) is 4.98 Å². The van der Waals surface area contributed by atoms with Crippen molar-refractivity contribution >= 4 is 5.69 Å². The van der Waals surface area contributed by atoms with Gasteiger partial charge in [0, 0.05) is 16.9 Å². The largest absolute Gasteiger partial charge is 0.398 e. The van der Waals surface area contributed by atoms with E-state index in [1.807, 2.05) is 32.0 Å². The fraction of sp³-hybridized carbons (Fsp3) is 0.308. The summed E-state index contributed by atoms with van der Waals surface area (Å²) < 4.78 is 0. The Morgan fingerprint density at radius 1 is 1.31 bits per heavy atom. The number of hydrogen-bond acceptors (Lipinski definition) is 2. The highest BCUT2D eigenvalue weighted by molar-refractivity contribution is 5.64. The molecule has 1 heterocycles. The Labute approximate surface area is 95.7 Å². The third-order valence-corrected chi connectivity index (χ3v) is 2.87. The maximum Gasteiger partial charge on any atom is 0.137 e. The number of aromatic amines is 1. The summed E-state index contributed by atoms with van der Waals surface area (Å²) >= 11 is 0. The van der Waals surface area contributed by atoms with Crippen molar-refractivity contribution < 1.29 is 0 Å². The summed E-state index contributed by atoms with van der Waals surface area (Å²) in [5, 5.41) is 0. The van der Waals surface area contributed by atoms with Crippen LogP contribution in [0.2, 0.25) is 0 Å². The number of nitrogen functional groups attached to an aromatic ring is 1. The van der Waals surface area contributed by atoms with Gasteiger partial charge in [0.25, 0.3) is 0 Å². The molecule has 3 heteroatoms. The SMILES string of the molecule is CCc1nc(-c2ccc(C)c(N)c2)[nH]c1C. The molecule has 0 spiro atoms. The Morgan fingerprint density at radius 3 is 2.62 bits per heavy atom. The van der Waals surface area contributed by atoms with Gasteiger partial charge < -0.3 is 10.7 Å². The fourth-order valence-corrected chi connectivity index (χ4v) is 1.77. The van der Waals surface area contributed by atoms with Gasteiger partial charge in [-0.2, -0.15) is 0 Å². The Balaban J connectivity index is 2.46. The minimum Gasteiger partial charge on any atom is -0.398 e. The first-order valence-electron chi connectivity index (χ1n) is 5.53. The van der Waals surface area contributed by atoms with E-state index in [4.69, 9.17) is 5.73 Å². The van der Waals surface area contributed by atoms with E-state index < -0.39 is 0 Å². The fourth-order valence-electron chi connectivity index (χ4n) is 1.77. The molecule has 0 aliphatic heterocycles. The number of rotatable bonds is 2. The standard InChI is InChI=1S/C13H17N3/c1-4-12-9(3)15-13(16-12)10-6-5-8(2)11(14)7-10/h5-7H,4,14H2,1-3H3,(H,15,16). The number of aromatic nitrogens is 2. The number of H-pyrrole nitrogens is 1. The minimum atomic E-state index is 0.810. The molecule has 0 radical (unpaired) electrons. The molecule has 3 nitrogen and oxygen atoms in total. The normalized spacial score (nSPS) is 10.7. The highest BCUT2D eigenvalue weighted by Gasteiger charge is 2.07. The van der Waals surface area contributed by atoms with Crippen LogP contribution in [-0.4, -0.2) is 9.97 Å². The lowest BCUT2D eigenvalue weighted by Crippen LogP contribution is -1.90. The molecular weight excluding hydrogens is 198 g/mol. The highest BCUT2D eigenvalue weighted by Crippen LogP contribution is 2.22. The molecule has 16 heavy (non-hydrogen) atoms. The van der Waals surface area contributed by atoms with E-state index in [0.717, 1.165) is 40.4 Å². The van der Waals surface area contributed by atoms with E-state index in [9.17, 15) is 0 Å². The van der Waals surface area contributed by atoms with Crippen molar-refractivity contribution in [1.29, 1.82) is 0 Å². The summed E-state index contributed by atoms with van der Waals surface area (Å²) in [5.74, 6) is 0.904. The molecule has 2 rings (SSSR count). The van der Waals surface area contributed by atoms with Crippen molar-refractivity contribution in [2.75, 3.05) is 5.73 Å². The molecule has 0 atom stereocenters. The molecule has 0 bridgehead atoms. The third-order valence-electron chi connectivity index (χ3n) is 2.87. The summed E-state index contributed by atoms with van der Waals surface area (Å²) in [4.78, 5) is 7.85. The van der Waals surface area contributed by atoms with Crippen molar-refractivity contribution in [2.24, 2.45) is 0 Å². The molecule has 0 unspecified atom stereocenters. The van der Waals surface area contributed by atoms with Crippen LogP contribution >= 0.6 is 0 Å². The number of imidazole rings is 1. The summed E-state index contributed by atoms with van der Waals surface area (Å²) in [7, 11) is 0. The van der Waals surface area contributed by atoms with Crippen LogP contribution in [0, 0.1) is 13.8 Å². The van der Waals surface area contributed by atoms with Crippen LogP contribution in [0.3, 0.4) is 0 Å². The van der Waals surface area contributed by atoms with Crippen molar-refractivity contribution in [2.45, 2.75) is 27.2 Å². The summed E-state index contributed by atoms with van der Waals surface area (Å²) in [6.45, 7) is 6.16. The lowest BCUT2D eigenvalue weighted by Gasteiger charge is -2.02. The molecule has 3 N–H and O–H groups in total. The summed E-state index contributed by atoms with van der Waals surface area (Å²) in [6.07, 6.45) is 0.948. The summed E-state index contributed by atoms with van der Waals surface area (Å²) in [5.41, 5.74) is 11.1. The Bertz CT molecular complexity index is 512. The van der Waals surface area contributed by atoms with E-state index in [1.54, 1.807) is 0 Å².